The molecule has 1 aliphatic carbocycles. The van der Waals surface area contributed by atoms with E-state index in [-0.39, 0.29) is 6.54 Å². The molecule has 1 saturated carbocycles. The molecule has 1 N–H and O–H groups in total. The van der Waals surface area contributed by atoms with Crippen molar-refractivity contribution in [3.8, 4) is 0 Å². The Morgan fingerprint density at radius 1 is 1.47 bits per heavy atom. The maximum atomic E-state index is 10.9. The Morgan fingerprint density at radius 3 is 2.95 bits per heavy atom. The summed E-state index contributed by atoms with van der Waals surface area (Å²) in [4.78, 5) is 17.3. The van der Waals surface area contributed by atoms with Gasteiger partial charge >= 0.3 is 5.97 Å². The Morgan fingerprint density at radius 2 is 2.26 bits per heavy atom. The molecule has 1 fully saturated rings. The third kappa shape index (κ3) is 2.88. The third-order valence-electron chi connectivity index (χ3n) is 3.23. The van der Waals surface area contributed by atoms with Crippen LogP contribution in [0.1, 0.15) is 18.5 Å². The minimum Gasteiger partial charge on any atom is -0.480 e. The molecule has 19 heavy (non-hydrogen) atoms. The normalized spacial score (nSPS) is 15.3. The van der Waals surface area contributed by atoms with Crippen molar-refractivity contribution in [3.05, 3.63) is 35.2 Å². The first-order valence-electron chi connectivity index (χ1n) is 6.21. The summed E-state index contributed by atoms with van der Waals surface area (Å²) >= 11 is 5.93. The van der Waals surface area contributed by atoms with E-state index in [2.05, 4.69) is 4.98 Å². The van der Waals surface area contributed by atoms with Gasteiger partial charge in [0.05, 0.1) is 17.3 Å². The average molecular weight is 280 g/mol. The zero-order chi connectivity index (χ0) is 13.4. The van der Waals surface area contributed by atoms with Gasteiger partial charge in [-0.2, -0.15) is 0 Å². The summed E-state index contributed by atoms with van der Waals surface area (Å²) in [5.74, 6) is -0.793. The van der Waals surface area contributed by atoms with Crippen LogP contribution in [0, 0.1) is 0 Å². The number of hydrogen-bond donors (Lipinski definition) is 1. The second kappa shape index (κ2) is 4.83. The SMILES string of the molecule is O=C(O)CN(Cc1cn2cc(Cl)ccc2n1)C1CC1. The van der Waals surface area contributed by atoms with Gasteiger partial charge in [-0.3, -0.25) is 9.69 Å². The molecule has 5 nitrogen and oxygen atoms in total. The predicted octanol–water partition coefficient (Wildman–Crippen LogP) is 2.04. The number of nitrogens with zero attached hydrogens (tertiary/aromatic N) is 3. The van der Waals surface area contributed by atoms with E-state index in [1.54, 1.807) is 12.3 Å². The molecule has 0 spiro atoms. The van der Waals surface area contributed by atoms with Crippen molar-refractivity contribution in [1.29, 1.82) is 0 Å². The van der Waals surface area contributed by atoms with Crippen molar-refractivity contribution in [2.45, 2.75) is 25.4 Å². The van der Waals surface area contributed by atoms with Gasteiger partial charge in [-0.1, -0.05) is 11.6 Å². The van der Waals surface area contributed by atoms with Crippen LogP contribution in [0.4, 0.5) is 0 Å². The van der Waals surface area contributed by atoms with E-state index in [0.29, 0.717) is 17.6 Å². The number of carboxylic acids is 1. The van der Waals surface area contributed by atoms with Gasteiger partial charge in [-0.25, -0.2) is 4.98 Å². The standard InChI is InChI=1S/C13H14ClN3O2/c14-9-1-4-12-15-10(7-17(12)5-9)6-16(8-13(18)19)11-2-3-11/h1,4-5,7,11H,2-3,6,8H2,(H,18,19). The first-order chi connectivity index (χ1) is 9.11. The predicted molar refractivity (Wildman–Crippen MR) is 71.3 cm³/mol. The summed E-state index contributed by atoms with van der Waals surface area (Å²) in [7, 11) is 0. The Labute approximate surface area is 115 Å². The van der Waals surface area contributed by atoms with Crippen molar-refractivity contribution in [2.75, 3.05) is 6.54 Å². The molecule has 0 aromatic carbocycles. The van der Waals surface area contributed by atoms with E-state index in [9.17, 15) is 4.79 Å². The molecule has 0 atom stereocenters. The summed E-state index contributed by atoms with van der Waals surface area (Å²) in [5, 5.41) is 9.58. The quantitative estimate of drug-likeness (QED) is 0.910. The Kier molecular flexibility index (Phi) is 3.16. The summed E-state index contributed by atoms with van der Waals surface area (Å²) in [6, 6.07) is 4.04. The third-order valence-corrected chi connectivity index (χ3v) is 3.46. The number of imidazole rings is 1. The van der Waals surface area contributed by atoms with Crippen LogP contribution in [0.15, 0.2) is 24.5 Å². The van der Waals surface area contributed by atoms with Crippen LogP contribution in [0.5, 0.6) is 0 Å². The monoisotopic (exact) mass is 279 g/mol. The molecular weight excluding hydrogens is 266 g/mol. The van der Waals surface area contributed by atoms with E-state index >= 15 is 0 Å². The maximum absolute atomic E-state index is 10.9. The van der Waals surface area contributed by atoms with Crippen molar-refractivity contribution >= 4 is 23.2 Å². The molecule has 2 aromatic rings. The van der Waals surface area contributed by atoms with Crippen LogP contribution in [0.25, 0.3) is 5.65 Å². The molecule has 6 heteroatoms. The first-order valence-corrected chi connectivity index (χ1v) is 6.58. The van der Waals surface area contributed by atoms with Crippen molar-refractivity contribution in [2.24, 2.45) is 0 Å². The number of halogens is 1. The number of pyridine rings is 1. The fraction of sp³-hybridized carbons (Fsp3) is 0.385. The lowest BCUT2D eigenvalue weighted by molar-refractivity contribution is -0.138. The van der Waals surface area contributed by atoms with E-state index in [1.165, 1.54) is 0 Å². The molecule has 100 valence electrons. The number of aromatic nitrogens is 2. The molecule has 2 heterocycles. The Hall–Kier alpha value is -1.59. The molecule has 3 rings (SSSR count). The fourth-order valence-electron chi connectivity index (χ4n) is 2.23. The van der Waals surface area contributed by atoms with E-state index in [1.807, 2.05) is 21.6 Å². The van der Waals surface area contributed by atoms with Crippen LogP contribution < -0.4 is 0 Å². The number of carboxylic acid groups (broad SMARTS) is 1. The van der Waals surface area contributed by atoms with Gasteiger partial charge in [-0.05, 0) is 25.0 Å². The molecule has 0 amide bonds. The van der Waals surface area contributed by atoms with Gasteiger partial charge in [0.25, 0.3) is 0 Å². The van der Waals surface area contributed by atoms with Crippen molar-refractivity contribution < 1.29 is 9.90 Å². The van der Waals surface area contributed by atoms with Gasteiger partial charge in [0.15, 0.2) is 0 Å². The van der Waals surface area contributed by atoms with E-state index in [0.717, 1.165) is 24.2 Å². The van der Waals surface area contributed by atoms with Crippen LogP contribution in [0.2, 0.25) is 5.02 Å². The fourth-order valence-corrected chi connectivity index (χ4v) is 2.40. The minimum atomic E-state index is -0.793. The second-order valence-electron chi connectivity index (χ2n) is 4.87. The molecule has 0 bridgehead atoms. The minimum absolute atomic E-state index is 0.0687. The lowest BCUT2D eigenvalue weighted by Gasteiger charge is -2.17. The molecule has 2 aromatic heterocycles. The first kappa shape index (κ1) is 12.4. The molecule has 0 unspecified atom stereocenters. The Bertz CT molecular complexity index is 621. The zero-order valence-corrected chi connectivity index (χ0v) is 11.0. The average Bonchev–Trinajstić information content (AvgIpc) is 3.10. The van der Waals surface area contributed by atoms with Crippen molar-refractivity contribution in [1.82, 2.24) is 14.3 Å². The maximum Gasteiger partial charge on any atom is 0.317 e. The van der Waals surface area contributed by atoms with Crippen molar-refractivity contribution in [3.63, 3.8) is 0 Å². The highest BCUT2D eigenvalue weighted by molar-refractivity contribution is 6.30. The Balaban J connectivity index is 1.81. The van der Waals surface area contributed by atoms with E-state index < -0.39 is 5.97 Å². The highest BCUT2D eigenvalue weighted by Gasteiger charge is 2.30. The number of hydrogen-bond acceptors (Lipinski definition) is 3. The zero-order valence-electron chi connectivity index (χ0n) is 10.3. The summed E-state index contributed by atoms with van der Waals surface area (Å²) < 4.78 is 1.86. The van der Waals surface area contributed by atoms with Gasteiger partial charge in [0, 0.05) is 25.0 Å². The molecule has 1 aliphatic rings. The molecule has 0 radical (unpaired) electrons. The molecule has 0 aliphatic heterocycles. The largest absolute Gasteiger partial charge is 0.480 e. The molecule has 0 saturated heterocycles. The number of rotatable bonds is 5. The van der Waals surface area contributed by atoms with Gasteiger partial charge in [-0.15, -0.1) is 0 Å². The number of fused-ring (bicyclic) bond motifs is 1. The van der Waals surface area contributed by atoms with Crippen LogP contribution in [0.3, 0.4) is 0 Å². The molecular formula is C13H14ClN3O2. The van der Waals surface area contributed by atoms with Crippen LogP contribution in [-0.2, 0) is 11.3 Å². The highest BCUT2D eigenvalue weighted by Crippen LogP contribution is 2.28. The summed E-state index contributed by atoms with van der Waals surface area (Å²) in [5.41, 5.74) is 1.70. The van der Waals surface area contributed by atoms with Gasteiger partial charge in [0.2, 0.25) is 0 Å². The summed E-state index contributed by atoms with van der Waals surface area (Å²) in [6.07, 6.45) is 5.85. The number of aliphatic carboxylic acids is 1. The van der Waals surface area contributed by atoms with Crippen LogP contribution >= 0.6 is 11.6 Å². The number of carbonyl (C=O) groups is 1. The second-order valence-corrected chi connectivity index (χ2v) is 5.31. The topological polar surface area (TPSA) is 57.8 Å². The van der Waals surface area contributed by atoms with Gasteiger partial charge in [0.1, 0.15) is 5.65 Å². The van der Waals surface area contributed by atoms with Crippen LogP contribution in [-0.4, -0.2) is 37.9 Å². The summed E-state index contributed by atoms with van der Waals surface area (Å²) in [6.45, 7) is 0.634. The lowest BCUT2D eigenvalue weighted by atomic mass is 10.4. The smallest absolute Gasteiger partial charge is 0.317 e. The highest BCUT2D eigenvalue weighted by atomic mass is 35.5. The van der Waals surface area contributed by atoms with E-state index in [4.69, 9.17) is 16.7 Å². The van der Waals surface area contributed by atoms with Gasteiger partial charge < -0.3 is 9.51 Å². The lowest BCUT2D eigenvalue weighted by Crippen LogP contribution is -2.31.